The van der Waals surface area contributed by atoms with Gasteiger partial charge in [-0.3, -0.25) is 4.79 Å². The van der Waals surface area contributed by atoms with Crippen LogP contribution < -0.4 is 0 Å². The van der Waals surface area contributed by atoms with E-state index in [0.717, 1.165) is 43.9 Å². The number of amides is 1. The summed E-state index contributed by atoms with van der Waals surface area (Å²) in [6, 6.07) is 0.459. The van der Waals surface area contributed by atoms with Crippen LogP contribution in [0.4, 0.5) is 0 Å². The molecule has 2 heterocycles. The number of thiazole rings is 1. The van der Waals surface area contributed by atoms with E-state index in [0.29, 0.717) is 24.9 Å². The van der Waals surface area contributed by atoms with Gasteiger partial charge in [0.05, 0.1) is 6.54 Å². The van der Waals surface area contributed by atoms with Gasteiger partial charge in [0.15, 0.2) is 0 Å². The molecule has 2 aliphatic rings. The van der Waals surface area contributed by atoms with Gasteiger partial charge < -0.3 is 9.64 Å². The van der Waals surface area contributed by atoms with Crippen molar-refractivity contribution < 1.29 is 9.53 Å². The molecule has 0 unspecified atom stereocenters. The molecule has 1 aliphatic heterocycles. The van der Waals surface area contributed by atoms with Gasteiger partial charge in [-0.15, -0.1) is 11.3 Å². The first kappa shape index (κ1) is 13.1. The minimum atomic E-state index is 0.285. The third-order valence-corrected chi connectivity index (χ3v) is 4.58. The molecule has 1 atom stereocenters. The van der Waals surface area contributed by atoms with E-state index < -0.39 is 0 Å². The Morgan fingerprint density at radius 3 is 3.00 bits per heavy atom. The standard InChI is InChI=1S/C14H20N2O2S/c17-14(8-11-2-1-6-18-10-11)16(12-3-4-12)9-13-15-5-7-19-13/h5,7,11-12H,1-4,6,8-10H2/t11-/m0/s1. The van der Waals surface area contributed by atoms with Crippen molar-refractivity contribution in [2.45, 2.75) is 44.7 Å². The van der Waals surface area contributed by atoms with E-state index >= 15 is 0 Å². The first-order chi connectivity index (χ1) is 9.33. The Balaban J connectivity index is 1.57. The molecule has 0 N–H and O–H groups in total. The third-order valence-electron chi connectivity index (χ3n) is 3.81. The second-order valence-corrected chi connectivity index (χ2v) is 6.45. The van der Waals surface area contributed by atoms with E-state index in [-0.39, 0.29) is 5.91 Å². The van der Waals surface area contributed by atoms with Gasteiger partial charge in [-0.2, -0.15) is 0 Å². The van der Waals surface area contributed by atoms with Gasteiger partial charge in [0.25, 0.3) is 0 Å². The number of nitrogens with zero attached hydrogens (tertiary/aromatic N) is 2. The molecule has 3 rings (SSSR count). The van der Waals surface area contributed by atoms with E-state index in [1.54, 1.807) is 11.3 Å². The summed E-state index contributed by atoms with van der Waals surface area (Å²) < 4.78 is 5.46. The van der Waals surface area contributed by atoms with Crippen LogP contribution in [-0.2, 0) is 16.1 Å². The van der Waals surface area contributed by atoms with Crippen LogP contribution in [0, 0.1) is 5.92 Å². The lowest BCUT2D eigenvalue weighted by molar-refractivity contribution is -0.134. The Morgan fingerprint density at radius 1 is 1.47 bits per heavy atom. The van der Waals surface area contributed by atoms with Gasteiger partial charge in [-0.25, -0.2) is 4.98 Å². The number of hydrogen-bond acceptors (Lipinski definition) is 4. The van der Waals surface area contributed by atoms with E-state index in [4.69, 9.17) is 4.74 Å². The zero-order valence-electron chi connectivity index (χ0n) is 11.1. The second-order valence-electron chi connectivity index (χ2n) is 5.47. The van der Waals surface area contributed by atoms with Crippen molar-refractivity contribution in [2.75, 3.05) is 13.2 Å². The molecule has 19 heavy (non-hydrogen) atoms. The fourth-order valence-corrected chi connectivity index (χ4v) is 3.23. The maximum atomic E-state index is 12.5. The summed E-state index contributed by atoms with van der Waals surface area (Å²) in [5.74, 6) is 0.701. The molecule has 2 fully saturated rings. The Bertz CT molecular complexity index is 411. The Labute approximate surface area is 117 Å². The highest BCUT2D eigenvalue weighted by Crippen LogP contribution is 2.30. The maximum absolute atomic E-state index is 12.5. The summed E-state index contributed by atoms with van der Waals surface area (Å²) in [7, 11) is 0. The van der Waals surface area contributed by atoms with Crippen LogP contribution in [-0.4, -0.2) is 35.0 Å². The van der Waals surface area contributed by atoms with Crippen molar-refractivity contribution in [3.8, 4) is 0 Å². The molecule has 5 heteroatoms. The zero-order chi connectivity index (χ0) is 13.1. The summed E-state index contributed by atoms with van der Waals surface area (Å²) >= 11 is 1.63. The Morgan fingerprint density at radius 2 is 2.37 bits per heavy atom. The molecule has 0 radical (unpaired) electrons. The zero-order valence-corrected chi connectivity index (χ0v) is 11.9. The van der Waals surface area contributed by atoms with Crippen molar-refractivity contribution in [3.63, 3.8) is 0 Å². The van der Waals surface area contributed by atoms with E-state index in [1.165, 1.54) is 0 Å². The first-order valence-corrected chi connectivity index (χ1v) is 7.96. The molecule has 0 aromatic carbocycles. The predicted molar refractivity (Wildman–Crippen MR) is 73.8 cm³/mol. The molecular weight excluding hydrogens is 260 g/mol. The number of carbonyl (C=O) groups excluding carboxylic acids is 1. The van der Waals surface area contributed by atoms with Crippen molar-refractivity contribution in [1.29, 1.82) is 0 Å². The quantitative estimate of drug-likeness (QED) is 0.832. The van der Waals surface area contributed by atoms with Crippen molar-refractivity contribution >= 4 is 17.2 Å². The first-order valence-electron chi connectivity index (χ1n) is 7.08. The highest BCUT2D eigenvalue weighted by Gasteiger charge is 2.34. The third kappa shape index (κ3) is 3.54. The number of rotatable bonds is 5. The molecule has 1 amide bonds. The van der Waals surface area contributed by atoms with Crippen LogP contribution in [0.5, 0.6) is 0 Å². The van der Waals surface area contributed by atoms with E-state index in [1.807, 2.05) is 16.5 Å². The average Bonchev–Trinajstić information content (AvgIpc) is 3.14. The molecule has 0 spiro atoms. The number of hydrogen-bond donors (Lipinski definition) is 0. The van der Waals surface area contributed by atoms with Crippen LogP contribution >= 0.6 is 11.3 Å². The van der Waals surface area contributed by atoms with Crippen LogP contribution in [0.3, 0.4) is 0 Å². The molecule has 1 aliphatic carbocycles. The molecule has 104 valence electrons. The van der Waals surface area contributed by atoms with E-state index in [2.05, 4.69) is 4.98 Å². The molecule has 1 saturated heterocycles. The number of aromatic nitrogens is 1. The number of ether oxygens (including phenoxy) is 1. The largest absolute Gasteiger partial charge is 0.381 e. The normalized spacial score (nSPS) is 23.3. The predicted octanol–water partition coefficient (Wildman–Crippen LogP) is 2.45. The number of carbonyl (C=O) groups is 1. The minimum Gasteiger partial charge on any atom is -0.381 e. The average molecular weight is 280 g/mol. The Hall–Kier alpha value is -0.940. The lowest BCUT2D eigenvalue weighted by Crippen LogP contribution is -2.35. The van der Waals surface area contributed by atoms with Gasteiger partial charge in [-0.1, -0.05) is 0 Å². The lowest BCUT2D eigenvalue weighted by Gasteiger charge is -2.26. The monoisotopic (exact) mass is 280 g/mol. The molecule has 1 aromatic rings. The summed E-state index contributed by atoms with van der Waals surface area (Å²) in [4.78, 5) is 18.8. The molecule has 1 aromatic heterocycles. The topological polar surface area (TPSA) is 42.4 Å². The summed E-state index contributed by atoms with van der Waals surface area (Å²) in [5, 5.41) is 3.01. The summed E-state index contributed by atoms with van der Waals surface area (Å²) in [5.41, 5.74) is 0. The fourth-order valence-electron chi connectivity index (χ4n) is 2.62. The van der Waals surface area contributed by atoms with Gasteiger partial charge in [0.1, 0.15) is 5.01 Å². The maximum Gasteiger partial charge on any atom is 0.223 e. The van der Waals surface area contributed by atoms with Crippen molar-refractivity contribution in [3.05, 3.63) is 16.6 Å². The van der Waals surface area contributed by atoms with Gasteiger partial charge in [0, 0.05) is 37.3 Å². The highest BCUT2D eigenvalue weighted by atomic mass is 32.1. The lowest BCUT2D eigenvalue weighted by atomic mass is 9.98. The van der Waals surface area contributed by atoms with Crippen LogP contribution in [0.2, 0.25) is 0 Å². The van der Waals surface area contributed by atoms with E-state index in [9.17, 15) is 4.79 Å². The van der Waals surface area contributed by atoms with Gasteiger partial charge in [0.2, 0.25) is 5.91 Å². The van der Waals surface area contributed by atoms with Crippen LogP contribution in [0.1, 0.15) is 37.1 Å². The molecule has 4 nitrogen and oxygen atoms in total. The van der Waals surface area contributed by atoms with Gasteiger partial charge in [-0.05, 0) is 31.6 Å². The second kappa shape index (κ2) is 6.01. The van der Waals surface area contributed by atoms with Crippen molar-refractivity contribution in [2.24, 2.45) is 5.92 Å². The fraction of sp³-hybridized carbons (Fsp3) is 0.714. The molecule has 1 saturated carbocycles. The highest BCUT2D eigenvalue weighted by molar-refractivity contribution is 7.09. The molecular formula is C14H20N2O2S. The van der Waals surface area contributed by atoms with Crippen molar-refractivity contribution in [1.82, 2.24) is 9.88 Å². The Kier molecular flexibility index (Phi) is 4.13. The minimum absolute atomic E-state index is 0.285. The van der Waals surface area contributed by atoms with Gasteiger partial charge >= 0.3 is 0 Å². The van der Waals surface area contributed by atoms with Crippen LogP contribution in [0.25, 0.3) is 0 Å². The summed E-state index contributed by atoms with van der Waals surface area (Å²) in [6.45, 7) is 2.30. The summed E-state index contributed by atoms with van der Waals surface area (Å²) in [6.07, 6.45) is 6.97. The smallest absolute Gasteiger partial charge is 0.223 e. The van der Waals surface area contributed by atoms with Crippen LogP contribution in [0.15, 0.2) is 11.6 Å². The molecule has 0 bridgehead atoms. The SMILES string of the molecule is O=C(C[C@@H]1CCCOC1)N(Cc1nccs1)C1CC1.